The second-order valence-electron chi connectivity index (χ2n) is 13.0. The van der Waals surface area contributed by atoms with E-state index < -0.39 is 42.8 Å². The van der Waals surface area contributed by atoms with Gasteiger partial charge in [0.2, 0.25) is 0 Å². The first kappa shape index (κ1) is 42.5. The lowest BCUT2D eigenvalue weighted by atomic mass is 10.2. The number of carbonyl (C=O) groups excluding carboxylic acids is 2. The highest BCUT2D eigenvalue weighted by molar-refractivity contribution is 7.53. The highest BCUT2D eigenvalue weighted by Gasteiger charge is 2.30. The summed E-state index contributed by atoms with van der Waals surface area (Å²) in [6.45, 7) is 14.4. The third kappa shape index (κ3) is 14.6. The Bertz CT molecular complexity index is 1570. The molecule has 0 aliphatic heterocycles. The third-order valence-electron chi connectivity index (χ3n) is 6.19. The molecule has 1 N–H and O–H groups in total. The molecule has 0 atom stereocenters. The number of aromatic carboxylic acids is 1. The van der Waals surface area contributed by atoms with Gasteiger partial charge in [-0.3, -0.25) is 9.46 Å². The van der Waals surface area contributed by atoms with Crippen LogP contribution in [0.15, 0.2) is 18.2 Å². The number of rotatable bonds is 16. The average Bonchev–Trinajstić information content (AvgIpc) is 3.41. The van der Waals surface area contributed by atoms with Gasteiger partial charge in [-0.25, -0.2) is 23.8 Å². The number of nitrogens with zero attached hydrogens (tertiary/aromatic N) is 3. The molecular formula is C34H49FN3O10PS. The predicted molar refractivity (Wildman–Crippen MR) is 189 cm³/mol. The molecule has 1 heterocycles. The number of halogens is 1. The fourth-order valence-corrected chi connectivity index (χ4v) is 6.89. The number of anilines is 1. The molecule has 0 spiro atoms. The Labute approximate surface area is 297 Å². The Morgan fingerprint density at radius 1 is 1.00 bits per heavy atom. The molecule has 2 amide bonds. The molecule has 0 radical (unpaired) electrons. The summed E-state index contributed by atoms with van der Waals surface area (Å²) < 4.78 is 54.9. The number of carboxylic acids is 1. The maximum atomic E-state index is 14.8. The van der Waals surface area contributed by atoms with E-state index in [1.807, 2.05) is 0 Å². The van der Waals surface area contributed by atoms with Crippen LogP contribution >= 0.6 is 18.9 Å². The lowest BCUT2D eigenvalue weighted by Crippen LogP contribution is -2.37. The molecule has 278 valence electrons. The molecular weight excluding hydrogens is 692 g/mol. The van der Waals surface area contributed by atoms with E-state index in [2.05, 4.69) is 16.8 Å². The van der Waals surface area contributed by atoms with Gasteiger partial charge in [0.15, 0.2) is 22.4 Å². The number of benzene rings is 1. The van der Waals surface area contributed by atoms with Gasteiger partial charge in [0, 0.05) is 24.0 Å². The molecule has 1 aromatic carbocycles. The molecule has 13 nitrogen and oxygen atoms in total. The van der Waals surface area contributed by atoms with E-state index in [0.717, 1.165) is 11.3 Å². The second kappa shape index (κ2) is 19.1. The second-order valence-corrected chi connectivity index (χ2v) is 16.2. The maximum absolute atomic E-state index is 14.8. The number of hydrogen-bond donors (Lipinski definition) is 1. The van der Waals surface area contributed by atoms with E-state index in [-0.39, 0.29) is 68.5 Å². The Kier molecular flexibility index (Phi) is 16.2. The van der Waals surface area contributed by atoms with Crippen LogP contribution in [0.1, 0.15) is 89.2 Å². The summed E-state index contributed by atoms with van der Waals surface area (Å²) in [7, 11) is -1.83. The van der Waals surface area contributed by atoms with Crippen molar-refractivity contribution in [2.75, 3.05) is 51.0 Å². The van der Waals surface area contributed by atoms with Crippen molar-refractivity contribution in [2.24, 2.45) is 0 Å². The quantitative estimate of drug-likeness (QED) is 0.103. The minimum Gasteiger partial charge on any atom is -0.491 e. The first-order valence-electron chi connectivity index (χ1n) is 16.2. The van der Waals surface area contributed by atoms with Gasteiger partial charge in [-0.1, -0.05) is 11.8 Å². The van der Waals surface area contributed by atoms with E-state index in [0.29, 0.717) is 16.9 Å². The van der Waals surface area contributed by atoms with Gasteiger partial charge in [-0.2, -0.15) is 0 Å². The van der Waals surface area contributed by atoms with Gasteiger partial charge in [0.1, 0.15) is 11.2 Å². The van der Waals surface area contributed by atoms with Crippen molar-refractivity contribution in [3.05, 3.63) is 40.2 Å². The average molecular weight is 742 g/mol. The number of thiazole rings is 1. The Morgan fingerprint density at radius 3 is 2.18 bits per heavy atom. The molecule has 0 aliphatic rings. The highest BCUT2D eigenvalue weighted by Crippen LogP contribution is 2.48. The van der Waals surface area contributed by atoms with Crippen LogP contribution in [-0.2, 0) is 29.5 Å². The normalized spacial score (nSPS) is 11.7. The van der Waals surface area contributed by atoms with E-state index >= 15 is 0 Å². The van der Waals surface area contributed by atoms with Crippen LogP contribution in [0.25, 0.3) is 0 Å². The fourth-order valence-electron chi connectivity index (χ4n) is 4.13. The summed E-state index contributed by atoms with van der Waals surface area (Å²) >= 11 is 1.02. The summed E-state index contributed by atoms with van der Waals surface area (Å²) in [6.07, 6.45) is -0.471. The molecule has 0 unspecified atom stereocenters. The topological polar surface area (TPSA) is 154 Å². The molecule has 2 rings (SSSR count). The van der Waals surface area contributed by atoms with Crippen molar-refractivity contribution >= 4 is 42.2 Å². The number of amides is 2. The van der Waals surface area contributed by atoms with Crippen molar-refractivity contribution in [1.82, 2.24) is 9.88 Å². The highest BCUT2D eigenvalue weighted by atomic mass is 32.1. The van der Waals surface area contributed by atoms with Crippen molar-refractivity contribution in [2.45, 2.75) is 85.9 Å². The molecule has 2 aromatic rings. The van der Waals surface area contributed by atoms with Gasteiger partial charge in [-0.15, -0.1) is 11.3 Å². The zero-order valence-corrected chi connectivity index (χ0v) is 32.0. The summed E-state index contributed by atoms with van der Waals surface area (Å²) in [4.78, 5) is 44.5. The van der Waals surface area contributed by atoms with Gasteiger partial charge in [0.25, 0.3) is 0 Å². The maximum Gasteiger partial charge on any atom is 0.416 e. The van der Waals surface area contributed by atoms with E-state index in [1.165, 1.54) is 21.9 Å². The van der Waals surface area contributed by atoms with Crippen LogP contribution in [0.4, 0.5) is 19.1 Å². The summed E-state index contributed by atoms with van der Waals surface area (Å²) in [5.41, 5.74) is -1.30. The monoisotopic (exact) mass is 741 g/mol. The van der Waals surface area contributed by atoms with Crippen molar-refractivity contribution in [1.29, 1.82) is 0 Å². The number of aromatic nitrogens is 1. The van der Waals surface area contributed by atoms with Gasteiger partial charge >= 0.3 is 25.8 Å². The number of ether oxygens (including phenoxy) is 3. The van der Waals surface area contributed by atoms with Crippen LogP contribution in [0.3, 0.4) is 0 Å². The zero-order valence-electron chi connectivity index (χ0n) is 30.3. The van der Waals surface area contributed by atoms with E-state index in [1.54, 1.807) is 68.5 Å². The van der Waals surface area contributed by atoms with E-state index in [9.17, 15) is 28.4 Å². The van der Waals surface area contributed by atoms with Crippen LogP contribution < -0.4 is 9.64 Å². The number of hydrogen-bond acceptors (Lipinski definition) is 11. The van der Waals surface area contributed by atoms with Crippen molar-refractivity contribution in [3.8, 4) is 17.6 Å². The smallest absolute Gasteiger partial charge is 0.416 e. The van der Waals surface area contributed by atoms with Crippen molar-refractivity contribution < 1.29 is 51.7 Å². The van der Waals surface area contributed by atoms with Gasteiger partial charge < -0.3 is 33.3 Å². The summed E-state index contributed by atoms with van der Waals surface area (Å²) in [5.74, 6) is 3.72. The fraction of sp³-hybridized carbons (Fsp3) is 0.588. The molecule has 16 heteroatoms. The van der Waals surface area contributed by atoms with Gasteiger partial charge in [0.05, 0.1) is 32.5 Å². The van der Waals surface area contributed by atoms with Crippen LogP contribution in [-0.4, -0.2) is 90.5 Å². The first-order chi connectivity index (χ1) is 23.3. The zero-order chi connectivity index (χ0) is 37.7. The standard InChI is InChI=1S/C34H49FN3O10PS/c1-10-45-49(43,46-11-2)22-14-20-38(32(42)48-34(6,7)8)30-36-28(29(39)40)27(50-30)16-13-21-44-26-18-17-24(23-25(26)35)15-12-19-37(9)31(41)47-33(3,4)5/h17-18,23H,10-11,13-14,16,19-22H2,1-9H3,(H,39,40). The number of aryl methyl sites for hydroxylation is 1. The Hall–Kier alpha value is -3.70. The van der Waals surface area contributed by atoms with Crippen LogP contribution in [0.2, 0.25) is 0 Å². The molecule has 0 aliphatic carbocycles. The minimum absolute atomic E-state index is 0.00244. The number of carbonyl (C=O) groups is 3. The largest absolute Gasteiger partial charge is 0.491 e. The van der Waals surface area contributed by atoms with Crippen LogP contribution in [0, 0.1) is 17.7 Å². The molecule has 0 bridgehead atoms. The van der Waals surface area contributed by atoms with Gasteiger partial charge in [-0.05, 0) is 92.9 Å². The minimum atomic E-state index is -3.38. The van der Waals surface area contributed by atoms with Crippen LogP contribution in [0.5, 0.6) is 5.75 Å². The molecule has 0 saturated carbocycles. The molecule has 50 heavy (non-hydrogen) atoms. The third-order valence-corrected chi connectivity index (χ3v) is 9.50. The summed E-state index contributed by atoms with van der Waals surface area (Å²) in [6, 6.07) is 4.25. The first-order valence-corrected chi connectivity index (χ1v) is 18.8. The molecule has 0 fully saturated rings. The Balaban J connectivity index is 2.10. The molecule has 1 aromatic heterocycles. The Morgan fingerprint density at radius 2 is 1.62 bits per heavy atom. The SMILES string of the molecule is CCOP(=O)(CCCN(C(=O)OC(C)(C)C)c1nc(C(=O)O)c(CCCOc2ccc(C#CCN(C)C(=O)OC(C)(C)C)cc2F)s1)OCC. The lowest BCUT2D eigenvalue weighted by Gasteiger charge is -2.26. The number of carboxylic acid groups (broad SMARTS) is 1. The van der Waals surface area contributed by atoms with E-state index in [4.69, 9.17) is 23.3 Å². The van der Waals surface area contributed by atoms with Crippen molar-refractivity contribution in [3.63, 3.8) is 0 Å². The lowest BCUT2D eigenvalue weighted by molar-refractivity contribution is 0.0320. The predicted octanol–water partition coefficient (Wildman–Crippen LogP) is 7.61. The molecule has 0 saturated heterocycles. The summed E-state index contributed by atoms with van der Waals surface area (Å²) in [5, 5.41) is 9.98.